The van der Waals surface area contributed by atoms with Crippen LogP contribution in [-0.2, 0) is 0 Å². The van der Waals surface area contributed by atoms with Crippen molar-refractivity contribution >= 4 is 0 Å². The molecular formula is C14H17F2NO3. The number of halogens is 2. The first-order chi connectivity index (χ1) is 9.31. The molecule has 0 bridgehead atoms. The smallest absolute Gasteiger partial charge is 0.387 e. The maximum atomic E-state index is 12.3. The lowest BCUT2D eigenvalue weighted by Crippen LogP contribution is -2.20. The summed E-state index contributed by atoms with van der Waals surface area (Å²) in [6, 6.07) is 6.13. The Morgan fingerprint density at radius 1 is 1.35 bits per heavy atom. The minimum Gasteiger partial charge on any atom is -0.490 e. The van der Waals surface area contributed by atoms with Crippen molar-refractivity contribution in [2.24, 2.45) is 5.41 Å². The van der Waals surface area contributed by atoms with Crippen LogP contribution in [0.3, 0.4) is 0 Å². The largest absolute Gasteiger partial charge is 0.490 e. The quantitative estimate of drug-likeness (QED) is 0.871. The Bertz CT molecular complexity index is 498. The van der Waals surface area contributed by atoms with Gasteiger partial charge in [-0.25, -0.2) is 0 Å². The third kappa shape index (κ3) is 3.81. The number of hydrogen-bond acceptors (Lipinski definition) is 4. The van der Waals surface area contributed by atoms with Crippen molar-refractivity contribution in [3.63, 3.8) is 0 Å². The number of aliphatic hydroxyl groups is 1. The van der Waals surface area contributed by atoms with Gasteiger partial charge in [0, 0.05) is 0 Å². The van der Waals surface area contributed by atoms with Gasteiger partial charge in [-0.1, -0.05) is 6.07 Å². The second-order valence-electron chi connectivity index (χ2n) is 4.75. The van der Waals surface area contributed by atoms with Crippen LogP contribution in [0.25, 0.3) is 0 Å². The van der Waals surface area contributed by atoms with E-state index in [0.29, 0.717) is 5.56 Å². The van der Waals surface area contributed by atoms with Crippen LogP contribution >= 0.6 is 0 Å². The molecule has 0 aromatic heterocycles. The van der Waals surface area contributed by atoms with Gasteiger partial charge >= 0.3 is 6.61 Å². The molecule has 0 aliphatic carbocycles. The molecule has 0 fully saturated rings. The van der Waals surface area contributed by atoms with Crippen LogP contribution in [-0.4, -0.2) is 18.3 Å². The minimum atomic E-state index is -2.96. The lowest BCUT2D eigenvalue weighted by atomic mass is 9.84. The number of nitriles is 1. The van der Waals surface area contributed by atoms with E-state index in [0.717, 1.165) is 0 Å². The van der Waals surface area contributed by atoms with E-state index in [-0.39, 0.29) is 18.1 Å². The average molecular weight is 285 g/mol. The third-order valence-electron chi connectivity index (χ3n) is 2.77. The van der Waals surface area contributed by atoms with Crippen LogP contribution in [0.15, 0.2) is 18.2 Å². The highest BCUT2D eigenvalue weighted by Gasteiger charge is 2.29. The molecule has 1 atom stereocenters. The molecule has 0 saturated heterocycles. The highest BCUT2D eigenvalue weighted by molar-refractivity contribution is 5.44. The van der Waals surface area contributed by atoms with E-state index in [9.17, 15) is 13.9 Å². The van der Waals surface area contributed by atoms with Gasteiger partial charge in [0.25, 0.3) is 0 Å². The molecule has 20 heavy (non-hydrogen) atoms. The predicted octanol–water partition coefficient (Wildman–Crippen LogP) is 3.27. The predicted molar refractivity (Wildman–Crippen MR) is 68.6 cm³/mol. The number of alkyl halides is 2. The Morgan fingerprint density at radius 2 is 2.00 bits per heavy atom. The monoisotopic (exact) mass is 285 g/mol. The normalized spacial score (nSPS) is 12.9. The number of rotatable bonds is 6. The molecule has 110 valence electrons. The fourth-order valence-corrected chi connectivity index (χ4v) is 1.63. The summed E-state index contributed by atoms with van der Waals surface area (Å²) >= 11 is 0. The second-order valence-corrected chi connectivity index (χ2v) is 4.75. The van der Waals surface area contributed by atoms with E-state index in [2.05, 4.69) is 4.74 Å². The first-order valence-electron chi connectivity index (χ1n) is 6.12. The lowest BCUT2D eigenvalue weighted by molar-refractivity contribution is -0.0515. The van der Waals surface area contributed by atoms with E-state index < -0.39 is 18.1 Å². The molecule has 0 aliphatic rings. The number of benzene rings is 1. The molecule has 0 heterocycles. The summed E-state index contributed by atoms with van der Waals surface area (Å²) in [6.45, 7) is 2.18. The molecule has 1 unspecified atom stereocenters. The topological polar surface area (TPSA) is 62.5 Å². The number of hydrogen-bond donors (Lipinski definition) is 1. The number of aliphatic hydroxyl groups excluding tert-OH is 1. The van der Waals surface area contributed by atoms with Crippen LogP contribution in [0.4, 0.5) is 8.78 Å². The molecule has 0 radical (unpaired) electrons. The van der Waals surface area contributed by atoms with E-state index in [1.54, 1.807) is 20.8 Å². The molecule has 1 rings (SSSR count). The van der Waals surface area contributed by atoms with Crippen molar-refractivity contribution in [3.05, 3.63) is 23.8 Å². The van der Waals surface area contributed by atoms with Crippen LogP contribution in [0.2, 0.25) is 0 Å². The van der Waals surface area contributed by atoms with E-state index in [4.69, 9.17) is 10.00 Å². The highest BCUT2D eigenvalue weighted by atomic mass is 19.3. The molecule has 6 heteroatoms. The standard InChI is InChI=1S/C14H17F2NO3/c1-4-19-11-7-9(12(18)14(2,3)8-17)5-6-10(11)20-13(15)16/h5-7,12-13,18H,4H2,1-3H3. The second kappa shape index (κ2) is 6.53. The van der Waals surface area contributed by atoms with Gasteiger partial charge in [0.15, 0.2) is 11.5 Å². The Morgan fingerprint density at radius 3 is 2.50 bits per heavy atom. The van der Waals surface area contributed by atoms with Gasteiger partial charge in [0.2, 0.25) is 0 Å². The van der Waals surface area contributed by atoms with Crippen LogP contribution in [0, 0.1) is 16.7 Å². The molecule has 1 aromatic rings. The Hall–Kier alpha value is -1.87. The molecule has 1 N–H and O–H groups in total. The average Bonchev–Trinajstić information content (AvgIpc) is 2.39. The van der Waals surface area contributed by atoms with E-state index >= 15 is 0 Å². The summed E-state index contributed by atoms with van der Waals surface area (Å²) in [6.07, 6.45) is -1.06. The first kappa shape index (κ1) is 16.2. The SMILES string of the molecule is CCOc1cc(C(O)C(C)(C)C#N)ccc1OC(F)F. The summed E-state index contributed by atoms with van der Waals surface area (Å²) in [7, 11) is 0. The molecular weight excluding hydrogens is 268 g/mol. The zero-order valence-corrected chi connectivity index (χ0v) is 11.6. The summed E-state index contributed by atoms with van der Waals surface area (Å²) < 4.78 is 34.1. The Labute approximate surface area is 116 Å². The molecule has 4 nitrogen and oxygen atoms in total. The maximum Gasteiger partial charge on any atom is 0.387 e. The van der Waals surface area contributed by atoms with Gasteiger partial charge < -0.3 is 14.6 Å². The minimum absolute atomic E-state index is 0.104. The Balaban J connectivity index is 3.13. The zero-order valence-electron chi connectivity index (χ0n) is 11.6. The van der Waals surface area contributed by atoms with Gasteiger partial charge in [0.05, 0.1) is 24.2 Å². The third-order valence-corrected chi connectivity index (χ3v) is 2.77. The zero-order chi connectivity index (χ0) is 15.3. The summed E-state index contributed by atoms with van der Waals surface area (Å²) in [5.74, 6) is 0.00523. The van der Waals surface area contributed by atoms with Crippen molar-refractivity contribution in [2.75, 3.05) is 6.61 Å². The van der Waals surface area contributed by atoms with Crippen molar-refractivity contribution in [1.29, 1.82) is 5.26 Å². The van der Waals surface area contributed by atoms with Crippen molar-refractivity contribution in [3.8, 4) is 17.6 Å². The van der Waals surface area contributed by atoms with Crippen molar-refractivity contribution in [1.82, 2.24) is 0 Å². The molecule has 0 amide bonds. The van der Waals surface area contributed by atoms with Gasteiger partial charge in [0.1, 0.15) is 0 Å². The molecule has 1 aromatic carbocycles. The maximum absolute atomic E-state index is 12.3. The lowest BCUT2D eigenvalue weighted by Gasteiger charge is -2.24. The van der Waals surface area contributed by atoms with Crippen LogP contribution < -0.4 is 9.47 Å². The fourth-order valence-electron chi connectivity index (χ4n) is 1.63. The van der Waals surface area contributed by atoms with Crippen molar-refractivity contribution < 1.29 is 23.4 Å². The molecule has 0 aliphatic heterocycles. The Kier molecular flexibility index (Phi) is 5.28. The van der Waals surface area contributed by atoms with Crippen LogP contribution in [0.5, 0.6) is 11.5 Å². The van der Waals surface area contributed by atoms with Gasteiger partial charge in [-0.2, -0.15) is 14.0 Å². The molecule has 0 spiro atoms. The summed E-state index contributed by atoms with van der Waals surface area (Å²) in [5.41, 5.74) is -0.601. The summed E-state index contributed by atoms with van der Waals surface area (Å²) in [5, 5.41) is 19.2. The van der Waals surface area contributed by atoms with Gasteiger partial charge in [-0.05, 0) is 38.5 Å². The molecule has 0 saturated carbocycles. The number of nitrogens with zero attached hydrogens (tertiary/aromatic N) is 1. The van der Waals surface area contributed by atoms with E-state index in [1.165, 1.54) is 18.2 Å². The van der Waals surface area contributed by atoms with E-state index in [1.807, 2.05) is 6.07 Å². The van der Waals surface area contributed by atoms with Crippen molar-refractivity contribution in [2.45, 2.75) is 33.5 Å². The van der Waals surface area contributed by atoms with Gasteiger partial charge in [-0.3, -0.25) is 0 Å². The first-order valence-corrected chi connectivity index (χ1v) is 6.12. The summed E-state index contributed by atoms with van der Waals surface area (Å²) in [4.78, 5) is 0. The van der Waals surface area contributed by atoms with Gasteiger partial charge in [-0.15, -0.1) is 0 Å². The van der Waals surface area contributed by atoms with Crippen LogP contribution in [0.1, 0.15) is 32.4 Å². The highest BCUT2D eigenvalue weighted by Crippen LogP contribution is 2.37. The fraction of sp³-hybridized carbons (Fsp3) is 0.500. The number of ether oxygens (including phenoxy) is 2.